The number of benzene rings is 1. The zero-order valence-corrected chi connectivity index (χ0v) is 9.20. The molecule has 0 N–H and O–H groups in total. The maximum absolute atomic E-state index is 11.6. The molecule has 0 aliphatic rings. The van der Waals surface area contributed by atoms with E-state index >= 15 is 0 Å². The fourth-order valence-corrected chi connectivity index (χ4v) is 1.33. The van der Waals surface area contributed by atoms with Crippen molar-refractivity contribution in [2.45, 2.75) is 26.2 Å². The third-order valence-corrected chi connectivity index (χ3v) is 2.40. The van der Waals surface area contributed by atoms with Crippen LogP contribution in [0.2, 0.25) is 0 Å². The van der Waals surface area contributed by atoms with Crippen molar-refractivity contribution < 1.29 is 11.0 Å². The Morgan fingerprint density at radius 3 is 2.73 bits per heavy atom. The summed E-state index contributed by atoms with van der Waals surface area (Å²) in [4.78, 5) is 11.6. The average Bonchev–Trinajstić information content (AvgIpc) is 2.18. The third kappa shape index (κ3) is 2.38. The minimum atomic E-state index is -0.710. The van der Waals surface area contributed by atoms with Gasteiger partial charge in [-0.25, -0.2) is 4.79 Å². The van der Waals surface area contributed by atoms with Crippen LogP contribution in [0.1, 0.15) is 26.4 Å². The van der Waals surface area contributed by atoms with E-state index in [0.717, 1.165) is 11.1 Å². The Hall–Kier alpha value is -1.75. The van der Waals surface area contributed by atoms with Gasteiger partial charge < -0.3 is 4.74 Å². The molecule has 1 aromatic carbocycles. The highest BCUT2D eigenvalue weighted by Gasteiger charge is 2.31. The molecule has 0 heterocycles. The normalized spacial score (nSPS) is 10.5. The smallest absolute Gasteiger partial charge is 0.329 e. The number of ether oxygens (including phenoxy) is 1. The van der Waals surface area contributed by atoms with E-state index in [1.807, 2.05) is 37.3 Å². The maximum Gasteiger partial charge on any atom is 0.329 e. The highest BCUT2D eigenvalue weighted by Crippen LogP contribution is 2.25. The molecule has 0 aliphatic carbocycles. The molecule has 0 fully saturated rings. The first-order valence-electron chi connectivity index (χ1n) is 4.72. The quantitative estimate of drug-likeness (QED) is 0.547. The first kappa shape index (κ1) is 11.3. The first-order chi connectivity index (χ1) is 6.98. The molecule has 0 aromatic heterocycles. The molecule has 0 spiro atoms. The number of rotatable bonds is 2. The van der Waals surface area contributed by atoms with Crippen LogP contribution in [-0.4, -0.2) is 5.97 Å². The van der Waals surface area contributed by atoms with E-state index < -0.39 is 11.4 Å². The summed E-state index contributed by atoms with van der Waals surface area (Å²) in [5, 5.41) is 0. The van der Waals surface area contributed by atoms with Crippen LogP contribution in [0, 0.1) is 19.5 Å². The Kier molecular flexibility index (Phi) is 3.16. The predicted octanol–water partition coefficient (Wildman–Crippen LogP) is 2.65. The lowest BCUT2D eigenvalue weighted by Gasteiger charge is -2.21. The zero-order chi connectivity index (χ0) is 11.5. The Balaban J connectivity index is 0.00000225. The minimum Gasteiger partial charge on any atom is -0.372 e. The second-order valence-electron chi connectivity index (χ2n) is 4.00. The molecule has 0 aliphatic heterocycles. The molecule has 0 bridgehead atoms. The van der Waals surface area contributed by atoms with E-state index in [-0.39, 0.29) is 1.43 Å². The van der Waals surface area contributed by atoms with Crippen LogP contribution in [0.25, 0.3) is 0 Å². The molecule has 0 unspecified atom stereocenters. The highest BCUT2D eigenvalue weighted by atomic mass is 16.5. The Bertz CT molecular complexity index is 416. The summed E-state index contributed by atoms with van der Waals surface area (Å²) in [6.45, 7) is 5.56. The van der Waals surface area contributed by atoms with Gasteiger partial charge >= 0.3 is 5.97 Å². The Morgan fingerprint density at radius 1 is 1.53 bits per heavy atom. The molecule has 80 valence electrons. The van der Waals surface area contributed by atoms with Gasteiger partial charge in [-0.05, 0) is 26.3 Å². The summed E-state index contributed by atoms with van der Waals surface area (Å²) in [6.07, 6.45) is 6.85. The highest BCUT2D eigenvalue weighted by molar-refractivity contribution is 5.83. The standard InChI is InChI=1S/C13H14O2.H2/c1-5-15-12(14)13(3,4)11-8-6-7-10(2)9-11;/h1,6-9H,2-4H3;1H. The van der Waals surface area contributed by atoms with Crippen LogP contribution in [-0.2, 0) is 14.9 Å². The number of terminal acetylenes is 1. The number of esters is 1. The summed E-state index contributed by atoms with van der Waals surface area (Å²) in [5.74, 6) is -0.407. The van der Waals surface area contributed by atoms with Crippen molar-refractivity contribution in [1.82, 2.24) is 0 Å². The maximum atomic E-state index is 11.6. The van der Waals surface area contributed by atoms with Crippen molar-refractivity contribution >= 4 is 5.97 Å². The van der Waals surface area contributed by atoms with Gasteiger partial charge in [0.05, 0.1) is 5.41 Å². The Labute approximate surface area is 91.7 Å². The van der Waals surface area contributed by atoms with Gasteiger partial charge in [0.1, 0.15) is 6.11 Å². The van der Waals surface area contributed by atoms with Gasteiger partial charge in [-0.15, -0.1) is 0 Å². The SMILES string of the molecule is C#COC(=O)C(C)(C)c1cccc(C)c1.[HH]. The molecular weight excluding hydrogens is 188 g/mol. The summed E-state index contributed by atoms with van der Waals surface area (Å²) in [6, 6.07) is 7.74. The molecule has 2 heteroatoms. The number of hydrogen-bond acceptors (Lipinski definition) is 2. The summed E-state index contributed by atoms with van der Waals surface area (Å²) in [7, 11) is 0. The van der Waals surface area contributed by atoms with Gasteiger partial charge in [-0.2, -0.15) is 0 Å². The minimum absolute atomic E-state index is 0. The van der Waals surface area contributed by atoms with Gasteiger partial charge in [0.25, 0.3) is 0 Å². The number of hydrogen-bond donors (Lipinski definition) is 0. The second kappa shape index (κ2) is 4.18. The van der Waals surface area contributed by atoms with E-state index in [2.05, 4.69) is 4.74 Å². The van der Waals surface area contributed by atoms with E-state index in [1.54, 1.807) is 13.8 Å². The summed E-state index contributed by atoms with van der Waals surface area (Å²) in [5.41, 5.74) is 1.30. The lowest BCUT2D eigenvalue weighted by molar-refractivity contribution is -0.142. The molecule has 0 atom stereocenters. The largest absolute Gasteiger partial charge is 0.372 e. The van der Waals surface area contributed by atoms with Crippen molar-refractivity contribution in [3.8, 4) is 12.5 Å². The van der Waals surface area contributed by atoms with Crippen LogP contribution in [0.5, 0.6) is 0 Å². The molecule has 1 aromatic rings. The number of carbonyl (C=O) groups excluding carboxylic acids is 1. The van der Waals surface area contributed by atoms with Crippen molar-refractivity contribution in [1.29, 1.82) is 0 Å². The van der Waals surface area contributed by atoms with Gasteiger partial charge in [-0.3, -0.25) is 0 Å². The lowest BCUT2D eigenvalue weighted by atomic mass is 9.84. The fourth-order valence-electron chi connectivity index (χ4n) is 1.33. The van der Waals surface area contributed by atoms with Crippen molar-refractivity contribution in [3.05, 3.63) is 35.4 Å². The predicted molar refractivity (Wildman–Crippen MR) is 61.2 cm³/mol. The van der Waals surface area contributed by atoms with Crippen LogP contribution in [0.4, 0.5) is 0 Å². The monoisotopic (exact) mass is 204 g/mol. The lowest BCUT2D eigenvalue weighted by Crippen LogP contribution is -2.30. The fraction of sp³-hybridized carbons (Fsp3) is 0.308. The number of aryl methyl sites for hydroxylation is 1. The van der Waals surface area contributed by atoms with Crippen LogP contribution in [0.3, 0.4) is 0 Å². The third-order valence-electron chi connectivity index (χ3n) is 2.40. The van der Waals surface area contributed by atoms with Gasteiger partial charge in [0.2, 0.25) is 0 Å². The molecule has 0 radical (unpaired) electrons. The molecule has 1 rings (SSSR count). The van der Waals surface area contributed by atoms with Gasteiger partial charge in [-0.1, -0.05) is 36.3 Å². The molecule has 2 nitrogen and oxygen atoms in total. The molecule has 0 amide bonds. The average molecular weight is 204 g/mol. The number of carbonyl (C=O) groups is 1. The van der Waals surface area contributed by atoms with Crippen LogP contribution in [0.15, 0.2) is 24.3 Å². The van der Waals surface area contributed by atoms with Crippen molar-refractivity contribution in [2.75, 3.05) is 0 Å². The summed E-state index contributed by atoms with van der Waals surface area (Å²) < 4.78 is 4.59. The molecule has 0 saturated carbocycles. The molecule has 0 saturated heterocycles. The second-order valence-corrected chi connectivity index (χ2v) is 4.00. The van der Waals surface area contributed by atoms with Crippen LogP contribution >= 0.6 is 0 Å². The van der Waals surface area contributed by atoms with Gasteiger partial charge in [0, 0.05) is 1.43 Å². The van der Waals surface area contributed by atoms with E-state index in [1.165, 1.54) is 0 Å². The van der Waals surface area contributed by atoms with Crippen LogP contribution < -0.4 is 0 Å². The van der Waals surface area contributed by atoms with E-state index in [0.29, 0.717) is 0 Å². The topological polar surface area (TPSA) is 26.3 Å². The van der Waals surface area contributed by atoms with Crippen molar-refractivity contribution in [2.24, 2.45) is 0 Å². The molecular formula is C13H16O2. The summed E-state index contributed by atoms with van der Waals surface area (Å²) >= 11 is 0. The van der Waals surface area contributed by atoms with E-state index in [9.17, 15) is 4.79 Å². The van der Waals surface area contributed by atoms with E-state index in [4.69, 9.17) is 6.42 Å². The molecule has 15 heavy (non-hydrogen) atoms. The Morgan fingerprint density at radius 2 is 2.20 bits per heavy atom. The van der Waals surface area contributed by atoms with Crippen molar-refractivity contribution in [3.63, 3.8) is 0 Å². The zero-order valence-electron chi connectivity index (χ0n) is 9.20. The van der Waals surface area contributed by atoms with Gasteiger partial charge in [0.15, 0.2) is 0 Å². The first-order valence-corrected chi connectivity index (χ1v) is 4.72.